The molecule has 294 valence electrons. The molecule has 0 unspecified atom stereocenters. The largest absolute Gasteiger partial charge is 0.507 e. The van der Waals surface area contributed by atoms with Crippen LogP contribution in [0.4, 0.5) is 0 Å². The number of hydrogen-bond acceptors (Lipinski definition) is 3. The zero-order valence-electron chi connectivity index (χ0n) is 37.6. The molecule has 2 heterocycles. The Balaban J connectivity index is 1.35. The molecule has 0 aliphatic rings. The van der Waals surface area contributed by atoms with Gasteiger partial charge < -0.3 is 5.11 Å². The van der Waals surface area contributed by atoms with E-state index in [-0.39, 0.29) is 23.1 Å². The molecule has 0 saturated heterocycles. The summed E-state index contributed by atoms with van der Waals surface area (Å²) in [6.45, 7) is 8.27. The van der Waals surface area contributed by atoms with Gasteiger partial charge in [-0.25, -0.2) is 4.98 Å². The second-order valence-corrected chi connectivity index (χ2v) is 16.3. The van der Waals surface area contributed by atoms with Gasteiger partial charge in [-0.3, -0.25) is 9.55 Å². The Morgan fingerprint density at radius 3 is 1.93 bits per heavy atom. The van der Waals surface area contributed by atoms with Gasteiger partial charge in [0, 0.05) is 27.0 Å². The van der Waals surface area contributed by atoms with E-state index >= 15 is 0 Å². The standard InChI is InChI=1S/C56H49N3O/c1-35(2)43-32-48(36(3)4)55(60)50(33-43)56-58-54-47(18-13-19-53(54)59(56)52-25-22-38(6)28-49(52)41-16-11-8-12-17-41)45-29-44(39-14-9-7-10-15-39)30-46(31-45)51-34-42(26-27-57-51)40-23-20-37(5)21-24-40/h7-36,60H,1-6H3/i6D3. The van der Waals surface area contributed by atoms with Crippen LogP contribution in [0, 0.1) is 13.8 Å². The van der Waals surface area contributed by atoms with E-state index in [1.807, 2.05) is 60.8 Å². The van der Waals surface area contributed by atoms with E-state index in [1.165, 1.54) is 5.56 Å². The summed E-state index contributed by atoms with van der Waals surface area (Å²) < 4.78 is 27.2. The zero-order valence-corrected chi connectivity index (χ0v) is 34.6. The molecule has 0 bridgehead atoms. The second kappa shape index (κ2) is 16.0. The number of benzene rings is 7. The van der Waals surface area contributed by atoms with E-state index in [4.69, 9.17) is 14.1 Å². The maximum atomic E-state index is 12.2. The van der Waals surface area contributed by atoms with Crippen molar-refractivity contribution < 1.29 is 9.22 Å². The van der Waals surface area contributed by atoms with Crippen molar-refractivity contribution in [3.8, 4) is 78.6 Å². The molecule has 0 fully saturated rings. The van der Waals surface area contributed by atoms with Crippen LogP contribution in [-0.4, -0.2) is 19.6 Å². The summed E-state index contributed by atoms with van der Waals surface area (Å²) in [6.07, 6.45) is 1.87. The number of hydrogen-bond donors (Lipinski definition) is 1. The highest BCUT2D eigenvalue weighted by Gasteiger charge is 2.25. The number of aryl methyl sites for hydroxylation is 2. The Bertz CT molecular complexity index is 3110. The summed E-state index contributed by atoms with van der Waals surface area (Å²) in [5, 5.41) is 12.2. The maximum Gasteiger partial charge on any atom is 0.149 e. The first-order valence-electron chi connectivity index (χ1n) is 22.2. The van der Waals surface area contributed by atoms with Crippen LogP contribution < -0.4 is 0 Å². The smallest absolute Gasteiger partial charge is 0.149 e. The lowest BCUT2D eigenvalue weighted by Gasteiger charge is -2.19. The molecule has 1 N–H and O–H groups in total. The van der Waals surface area contributed by atoms with E-state index in [9.17, 15) is 5.11 Å². The van der Waals surface area contributed by atoms with Gasteiger partial charge in [-0.2, -0.15) is 0 Å². The SMILES string of the molecule is [2H]C([2H])([2H])c1ccc(-n2c(-c3cc(C(C)C)cc(C(C)C)c3O)nc3c(-c4cc(-c5ccccc5)cc(-c5cc(-c6ccc(C)cc6)ccn5)c4)cccc32)c(-c2ccccc2)c1. The van der Waals surface area contributed by atoms with Crippen LogP contribution in [0.1, 0.15) is 65.9 Å². The van der Waals surface area contributed by atoms with Crippen molar-refractivity contribution in [3.63, 3.8) is 0 Å². The Hall–Kier alpha value is -7.04. The van der Waals surface area contributed by atoms with Crippen molar-refractivity contribution in [2.24, 2.45) is 0 Å². The van der Waals surface area contributed by atoms with Gasteiger partial charge in [0.2, 0.25) is 0 Å². The number of aromatic nitrogens is 3. The van der Waals surface area contributed by atoms with Crippen LogP contribution >= 0.6 is 0 Å². The van der Waals surface area contributed by atoms with Crippen LogP contribution in [0.15, 0.2) is 170 Å². The number of pyridine rings is 1. The van der Waals surface area contributed by atoms with Crippen molar-refractivity contribution >= 4 is 11.0 Å². The molecule has 7 aromatic carbocycles. The van der Waals surface area contributed by atoms with Gasteiger partial charge >= 0.3 is 0 Å². The molecule has 0 aliphatic heterocycles. The van der Waals surface area contributed by atoms with Gasteiger partial charge in [0.25, 0.3) is 0 Å². The molecule has 0 atom stereocenters. The monoisotopic (exact) mass is 782 g/mol. The average Bonchev–Trinajstić information content (AvgIpc) is 3.68. The third-order valence-corrected chi connectivity index (χ3v) is 11.5. The molecule has 4 nitrogen and oxygen atoms in total. The van der Waals surface area contributed by atoms with Crippen LogP contribution in [0.5, 0.6) is 5.75 Å². The zero-order chi connectivity index (χ0) is 44.0. The number of nitrogens with zero attached hydrogens (tertiary/aromatic N) is 3. The van der Waals surface area contributed by atoms with Gasteiger partial charge in [0.1, 0.15) is 11.6 Å². The Morgan fingerprint density at radius 2 is 1.22 bits per heavy atom. The van der Waals surface area contributed by atoms with Crippen molar-refractivity contribution in [1.82, 2.24) is 14.5 Å². The topological polar surface area (TPSA) is 50.9 Å². The highest BCUT2D eigenvalue weighted by atomic mass is 16.3. The van der Waals surface area contributed by atoms with Gasteiger partial charge in [-0.1, -0.05) is 148 Å². The van der Waals surface area contributed by atoms with Crippen LogP contribution in [0.25, 0.3) is 83.9 Å². The minimum atomic E-state index is -2.32. The molecule has 0 amide bonds. The molecule has 4 heteroatoms. The van der Waals surface area contributed by atoms with E-state index in [2.05, 4.69) is 136 Å². The van der Waals surface area contributed by atoms with Crippen LogP contribution in [-0.2, 0) is 0 Å². The number of para-hydroxylation sites is 1. The fraction of sp³-hybridized carbons (Fsp3) is 0.143. The van der Waals surface area contributed by atoms with E-state index in [1.54, 1.807) is 12.1 Å². The number of rotatable bonds is 9. The molecular weight excluding hydrogens is 731 g/mol. The third-order valence-electron chi connectivity index (χ3n) is 11.5. The number of imidazole rings is 1. The number of fused-ring (bicyclic) bond motifs is 1. The highest BCUT2D eigenvalue weighted by Crippen LogP contribution is 2.44. The Kier molecular flexibility index (Phi) is 9.29. The molecular formula is C56H49N3O. The second-order valence-electron chi connectivity index (χ2n) is 16.3. The van der Waals surface area contributed by atoms with Gasteiger partial charge in [0.15, 0.2) is 0 Å². The predicted octanol–water partition coefficient (Wildman–Crippen LogP) is 15.0. The molecule has 0 saturated carbocycles. The van der Waals surface area contributed by atoms with Gasteiger partial charge in [-0.05, 0) is 125 Å². The third kappa shape index (κ3) is 7.30. The summed E-state index contributed by atoms with van der Waals surface area (Å²) in [6, 6.07) is 55.3. The van der Waals surface area contributed by atoms with E-state index in [0.717, 1.165) is 83.6 Å². The Morgan fingerprint density at radius 1 is 0.533 bits per heavy atom. The van der Waals surface area contributed by atoms with Crippen molar-refractivity contribution in [2.75, 3.05) is 0 Å². The van der Waals surface area contributed by atoms with Crippen LogP contribution in [0.3, 0.4) is 0 Å². The fourth-order valence-electron chi connectivity index (χ4n) is 8.20. The highest BCUT2D eigenvalue weighted by molar-refractivity contribution is 5.98. The van der Waals surface area contributed by atoms with Gasteiger partial charge in [-0.15, -0.1) is 0 Å². The molecule has 9 rings (SSSR count). The summed E-state index contributed by atoms with van der Waals surface area (Å²) >= 11 is 0. The molecule has 0 aliphatic carbocycles. The first kappa shape index (κ1) is 35.0. The molecule has 0 spiro atoms. The van der Waals surface area contributed by atoms with Crippen molar-refractivity contribution in [1.29, 1.82) is 0 Å². The normalized spacial score (nSPS) is 12.5. The summed E-state index contributed by atoms with van der Waals surface area (Å²) in [5.74, 6) is 0.975. The first-order valence-corrected chi connectivity index (χ1v) is 20.7. The van der Waals surface area contributed by atoms with E-state index in [0.29, 0.717) is 11.4 Å². The van der Waals surface area contributed by atoms with Crippen molar-refractivity contribution in [2.45, 2.75) is 53.3 Å². The minimum Gasteiger partial charge on any atom is -0.507 e. The predicted molar refractivity (Wildman–Crippen MR) is 251 cm³/mol. The number of phenolic OH excluding ortho intramolecular Hbond substituents is 1. The quantitative estimate of drug-likeness (QED) is 0.159. The Labute approximate surface area is 357 Å². The van der Waals surface area contributed by atoms with Gasteiger partial charge in [0.05, 0.1) is 28.0 Å². The lowest BCUT2D eigenvalue weighted by atomic mass is 9.91. The minimum absolute atomic E-state index is 0.0477. The molecule has 2 aromatic heterocycles. The van der Waals surface area contributed by atoms with E-state index < -0.39 is 6.85 Å². The maximum absolute atomic E-state index is 12.2. The molecule has 9 aromatic rings. The summed E-state index contributed by atoms with van der Waals surface area (Å²) in [5.41, 5.74) is 15.9. The van der Waals surface area contributed by atoms with Crippen LogP contribution in [0.2, 0.25) is 0 Å². The molecule has 60 heavy (non-hydrogen) atoms. The lowest BCUT2D eigenvalue weighted by Crippen LogP contribution is -2.03. The molecule has 0 radical (unpaired) electrons. The number of phenols is 1. The first-order chi connectivity index (χ1) is 30.3. The fourth-order valence-corrected chi connectivity index (χ4v) is 8.20. The summed E-state index contributed by atoms with van der Waals surface area (Å²) in [4.78, 5) is 10.5. The average molecular weight is 783 g/mol. The van der Waals surface area contributed by atoms with Crippen molar-refractivity contribution in [3.05, 3.63) is 192 Å². The number of aromatic hydroxyl groups is 1. The lowest BCUT2D eigenvalue weighted by molar-refractivity contribution is 0.466. The summed E-state index contributed by atoms with van der Waals surface area (Å²) in [7, 11) is 0.